The summed E-state index contributed by atoms with van der Waals surface area (Å²) in [6, 6.07) is 16.0. The Balaban J connectivity index is 1.32. The minimum atomic E-state index is -0.541. The third kappa shape index (κ3) is 4.08. The molecule has 3 aromatic carbocycles. The molecule has 8 nitrogen and oxygen atoms in total. The summed E-state index contributed by atoms with van der Waals surface area (Å²) in [5.41, 5.74) is 3.97. The molecule has 0 radical (unpaired) electrons. The van der Waals surface area contributed by atoms with Crippen LogP contribution in [-0.2, 0) is 13.0 Å². The Hall–Kier alpha value is -4.40. The lowest BCUT2D eigenvalue weighted by molar-refractivity contribution is 0.0735. The lowest BCUT2D eigenvalue weighted by Gasteiger charge is -2.30. The average molecular weight is 445 g/mol. The van der Waals surface area contributed by atoms with E-state index >= 15 is 0 Å². The van der Waals surface area contributed by atoms with Gasteiger partial charge in [-0.05, 0) is 53.9 Å². The normalized spacial score (nSPS) is 12.9. The number of fused-ring (bicyclic) bond motifs is 2. The molecule has 3 amide bonds. The maximum absolute atomic E-state index is 13.8. The first-order valence-corrected chi connectivity index (χ1v) is 10.4. The van der Waals surface area contributed by atoms with E-state index in [0.717, 1.165) is 11.1 Å². The van der Waals surface area contributed by atoms with E-state index in [9.17, 15) is 18.8 Å². The number of urea groups is 1. The zero-order valence-corrected chi connectivity index (χ0v) is 17.4. The summed E-state index contributed by atoms with van der Waals surface area (Å²) >= 11 is 0. The Morgan fingerprint density at radius 1 is 0.909 bits per heavy atom. The Morgan fingerprint density at radius 2 is 1.67 bits per heavy atom. The molecule has 0 spiro atoms. The highest BCUT2D eigenvalue weighted by Gasteiger charge is 2.24. The van der Waals surface area contributed by atoms with Crippen molar-refractivity contribution in [2.75, 3.05) is 17.2 Å². The SMILES string of the molecule is O=C(Nc1ccccc1F)Nc1cccc2c1CCN(C(=O)c1ccc3[nH]c(=O)[nH]c3c1)C2. The number of nitrogens with one attached hydrogen (secondary N) is 4. The van der Waals surface area contributed by atoms with Gasteiger partial charge < -0.3 is 25.5 Å². The third-order valence-electron chi connectivity index (χ3n) is 5.69. The molecule has 4 aromatic rings. The monoisotopic (exact) mass is 445 g/mol. The topological polar surface area (TPSA) is 110 Å². The van der Waals surface area contributed by atoms with Crippen LogP contribution < -0.4 is 16.3 Å². The maximum Gasteiger partial charge on any atom is 0.323 e. The second-order valence-electron chi connectivity index (χ2n) is 7.82. The van der Waals surface area contributed by atoms with Gasteiger partial charge in [-0.1, -0.05) is 24.3 Å². The summed E-state index contributed by atoms with van der Waals surface area (Å²) in [7, 11) is 0. The molecular weight excluding hydrogens is 425 g/mol. The highest BCUT2D eigenvalue weighted by Crippen LogP contribution is 2.28. The predicted molar refractivity (Wildman–Crippen MR) is 123 cm³/mol. The van der Waals surface area contributed by atoms with Gasteiger partial charge in [0, 0.05) is 24.3 Å². The van der Waals surface area contributed by atoms with Crippen LogP contribution in [0.2, 0.25) is 0 Å². The lowest BCUT2D eigenvalue weighted by atomic mass is 9.97. The van der Waals surface area contributed by atoms with E-state index in [0.29, 0.717) is 41.8 Å². The molecule has 0 unspecified atom stereocenters. The number of aromatic amines is 2. The highest BCUT2D eigenvalue weighted by molar-refractivity contribution is 6.00. The molecular formula is C24H20FN5O3. The molecule has 1 aromatic heterocycles. The average Bonchev–Trinajstić information content (AvgIpc) is 3.19. The van der Waals surface area contributed by atoms with Crippen molar-refractivity contribution >= 4 is 34.3 Å². The van der Waals surface area contributed by atoms with Crippen molar-refractivity contribution in [1.82, 2.24) is 14.9 Å². The molecule has 0 aliphatic carbocycles. The van der Waals surface area contributed by atoms with Crippen LogP contribution in [-0.4, -0.2) is 33.4 Å². The van der Waals surface area contributed by atoms with Crippen molar-refractivity contribution in [3.8, 4) is 0 Å². The number of H-pyrrole nitrogens is 2. The Labute approximate surface area is 187 Å². The number of hydrogen-bond acceptors (Lipinski definition) is 3. The number of carbonyl (C=O) groups excluding carboxylic acids is 2. The van der Waals surface area contributed by atoms with Gasteiger partial charge in [-0.25, -0.2) is 14.0 Å². The van der Waals surface area contributed by atoms with Crippen LogP contribution in [0.3, 0.4) is 0 Å². The Morgan fingerprint density at radius 3 is 2.52 bits per heavy atom. The number of anilines is 2. The van der Waals surface area contributed by atoms with E-state index in [1.54, 1.807) is 41.3 Å². The Kier molecular flexibility index (Phi) is 5.14. The predicted octanol–water partition coefficient (Wildman–Crippen LogP) is 3.84. The fourth-order valence-electron chi connectivity index (χ4n) is 4.09. The summed E-state index contributed by atoms with van der Waals surface area (Å²) in [4.78, 5) is 44.0. The van der Waals surface area contributed by atoms with Gasteiger partial charge in [-0.2, -0.15) is 0 Å². The van der Waals surface area contributed by atoms with Gasteiger partial charge in [0.15, 0.2) is 0 Å². The fourth-order valence-corrected chi connectivity index (χ4v) is 4.09. The molecule has 0 saturated carbocycles. The first-order chi connectivity index (χ1) is 16.0. The van der Waals surface area contributed by atoms with Crippen LogP contribution in [0.1, 0.15) is 21.5 Å². The molecule has 1 aliphatic rings. The number of benzene rings is 3. The molecule has 4 N–H and O–H groups in total. The molecule has 1 aliphatic heterocycles. The molecule has 0 bridgehead atoms. The lowest BCUT2D eigenvalue weighted by Crippen LogP contribution is -2.36. The van der Waals surface area contributed by atoms with Crippen molar-refractivity contribution in [3.05, 3.63) is 93.7 Å². The number of para-hydroxylation sites is 1. The van der Waals surface area contributed by atoms with Gasteiger partial charge in [0.25, 0.3) is 5.91 Å². The number of hydrogen-bond donors (Lipinski definition) is 4. The first-order valence-electron chi connectivity index (χ1n) is 10.4. The number of imidazole rings is 1. The van der Waals surface area contributed by atoms with Gasteiger partial charge in [-0.3, -0.25) is 4.79 Å². The zero-order chi connectivity index (χ0) is 22.9. The molecule has 2 heterocycles. The number of rotatable bonds is 3. The van der Waals surface area contributed by atoms with Crippen molar-refractivity contribution in [2.24, 2.45) is 0 Å². The molecule has 0 saturated heterocycles. The fraction of sp³-hybridized carbons (Fsp3) is 0.125. The molecule has 0 fully saturated rings. The van der Waals surface area contributed by atoms with Crippen LogP contribution >= 0.6 is 0 Å². The summed E-state index contributed by atoms with van der Waals surface area (Å²) in [5.74, 6) is -0.654. The largest absolute Gasteiger partial charge is 0.334 e. The number of carbonyl (C=O) groups is 2. The second kappa shape index (κ2) is 8.27. The number of aromatic nitrogens is 2. The summed E-state index contributed by atoms with van der Waals surface area (Å²) < 4.78 is 13.8. The van der Waals surface area contributed by atoms with E-state index in [1.165, 1.54) is 12.1 Å². The maximum atomic E-state index is 13.8. The smallest absolute Gasteiger partial charge is 0.323 e. The molecule has 33 heavy (non-hydrogen) atoms. The van der Waals surface area contributed by atoms with Crippen molar-refractivity contribution < 1.29 is 14.0 Å². The minimum absolute atomic E-state index is 0.0947. The molecule has 5 rings (SSSR count). The second-order valence-corrected chi connectivity index (χ2v) is 7.82. The van der Waals surface area contributed by atoms with Gasteiger partial charge in [0.05, 0.1) is 16.7 Å². The van der Waals surface area contributed by atoms with E-state index in [1.807, 2.05) is 12.1 Å². The Bertz CT molecular complexity index is 1440. The number of nitrogens with zero attached hydrogens (tertiary/aromatic N) is 1. The zero-order valence-electron chi connectivity index (χ0n) is 17.4. The summed E-state index contributed by atoms with van der Waals surface area (Å²) in [6.07, 6.45) is 0.556. The quantitative estimate of drug-likeness (QED) is 0.385. The van der Waals surface area contributed by atoms with Crippen molar-refractivity contribution in [1.29, 1.82) is 0 Å². The van der Waals surface area contributed by atoms with Crippen molar-refractivity contribution in [2.45, 2.75) is 13.0 Å². The van der Waals surface area contributed by atoms with Gasteiger partial charge in [0.1, 0.15) is 5.82 Å². The molecule has 9 heteroatoms. The van der Waals surface area contributed by atoms with Gasteiger partial charge in [0.2, 0.25) is 0 Å². The highest BCUT2D eigenvalue weighted by atomic mass is 19.1. The van der Waals surface area contributed by atoms with Crippen LogP contribution in [0.4, 0.5) is 20.6 Å². The van der Waals surface area contributed by atoms with Crippen LogP contribution in [0.5, 0.6) is 0 Å². The van der Waals surface area contributed by atoms with E-state index in [-0.39, 0.29) is 17.3 Å². The van der Waals surface area contributed by atoms with E-state index < -0.39 is 11.8 Å². The summed E-state index contributed by atoms with van der Waals surface area (Å²) in [6.45, 7) is 0.863. The minimum Gasteiger partial charge on any atom is -0.334 e. The number of amides is 3. The standard InChI is InChI=1S/C24H20FN5O3/c25-17-5-1-2-6-19(17)27-23(32)26-18-7-3-4-15-13-30(11-10-16(15)18)22(31)14-8-9-20-21(12-14)29-24(33)28-20/h1-9,12H,10-11,13H2,(H2,26,27,32)(H2,28,29,33). The summed E-state index contributed by atoms with van der Waals surface area (Å²) in [5, 5.41) is 5.30. The van der Waals surface area contributed by atoms with E-state index in [2.05, 4.69) is 20.6 Å². The molecule has 166 valence electrons. The van der Waals surface area contributed by atoms with Crippen LogP contribution in [0.15, 0.2) is 65.5 Å². The van der Waals surface area contributed by atoms with E-state index in [4.69, 9.17) is 0 Å². The van der Waals surface area contributed by atoms with Gasteiger partial charge >= 0.3 is 11.7 Å². The molecule has 0 atom stereocenters. The number of halogens is 1. The first kappa shape index (κ1) is 20.5. The van der Waals surface area contributed by atoms with Crippen LogP contribution in [0, 0.1) is 5.82 Å². The van der Waals surface area contributed by atoms with Crippen molar-refractivity contribution in [3.63, 3.8) is 0 Å². The third-order valence-corrected chi connectivity index (χ3v) is 5.69. The van der Waals surface area contributed by atoms with Gasteiger partial charge in [-0.15, -0.1) is 0 Å². The van der Waals surface area contributed by atoms with Crippen LogP contribution in [0.25, 0.3) is 11.0 Å².